The number of hydrogen-bond donors (Lipinski definition) is 1. The van der Waals surface area contributed by atoms with Crippen molar-refractivity contribution >= 4 is 11.8 Å². The van der Waals surface area contributed by atoms with Crippen LogP contribution in [0.1, 0.15) is 36.8 Å². The molecule has 2 atom stereocenters. The van der Waals surface area contributed by atoms with Crippen molar-refractivity contribution in [3.8, 4) is 0 Å². The van der Waals surface area contributed by atoms with Crippen LogP contribution in [0.4, 0.5) is 0 Å². The van der Waals surface area contributed by atoms with Gasteiger partial charge in [-0.3, -0.25) is 9.59 Å². The van der Waals surface area contributed by atoms with E-state index in [0.717, 1.165) is 43.0 Å². The van der Waals surface area contributed by atoms with Crippen molar-refractivity contribution in [3.63, 3.8) is 0 Å². The molecule has 6 heteroatoms. The summed E-state index contributed by atoms with van der Waals surface area (Å²) in [6.45, 7) is 4.20. The molecule has 0 aromatic heterocycles. The van der Waals surface area contributed by atoms with E-state index in [2.05, 4.69) is 15.1 Å². The minimum absolute atomic E-state index is 0.0287. The fourth-order valence-corrected chi connectivity index (χ4v) is 6.16. The Bertz CT molecular complexity index is 992. The minimum atomic E-state index is -1.10. The Hall–Kier alpha value is -2.54. The van der Waals surface area contributed by atoms with Crippen LogP contribution in [0.5, 0.6) is 0 Å². The topological polar surface area (TPSA) is 61.9 Å². The van der Waals surface area contributed by atoms with E-state index in [4.69, 9.17) is 4.74 Å². The van der Waals surface area contributed by atoms with E-state index in [1.165, 1.54) is 19.4 Å². The standard InChI is InChI=1S/C28H33N3O3/c32-26(21-13-15-30(16-14-21)19-20-11-12-20)24-17-29-18-25-27(33)34-28(31(24)25,22-7-3-1-4-8-22)23-9-5-2-6-10-23/h1-10,20-21,24-25,29H,11-19H2. The van der Waals surface area contributed by atoms with Crippen molar-refractivity contribution in [1.82, 2.24) is 15.1 Å². The number of carbonyl (C=O) groups excluding carboxylic acids is 2. The van der Waals surface area contributed by atoms with Gasteiger partial charge >= 0.3 is 5.97 Å². The highest BCUT2D eigenvalue weighted by molar-refractivity contribution is 5.89. The first-order valence-electron chi connectivity index (χ1n) is 12.8. The summed E-state index contributed by atoms with van der Waals surface area (Å²) in [7, 11) is 0. The zero-order chi connectivity index (χ0) is 23.1. The molecule has 3 heterocycles. The number of likely N-dealkylation sites (tertiary alicyclic amines) is 1. The lowest BCUT2D eigenvalue weighted by Gasteiger charge is -2.46. The second-order valence-electron chi connectivity index (χ2n) is 10.3. The van der Waals surface area contributed by atoms with E-state index in [0.29, 0.717) is 13.1 Å². The SMILES string of the molecule is O=C1OC(c2ccccc2)(c2ccccc2)N2C1CNCC2C(=O)C1CCN(CC2CC2)CC1. The summed E-state index contributed by atoms with van der Waals surface area (Å²) in [4.78, 5) is 31.9. The number of Topliss-reactive ketones (excluding diaryl/α,β-unsaturated/α-hetero) is 1. The smallest absolute Gasteiger partial charge is 0.327 e. The highest BCUT2D eigenvalue weighted by Crippen LogP contribution is 2.46. The first kappa shape index (κ1) is 22.0. The van der Waals surface area contributed by atoms with Crippen molar-refractivity contribution < 1.29 is 14.3 Å². The Labute approximate surface area is 201 Å². The third-order valence-corrected chi connectivity index (χ3v) is 8.09. The lowest BCUT2D eigenvalue weighted by atomic mass is 9.84. The number of ether oxygens (including phenoxy) is 1. The molecule has 6 rings (SSSR count). The number of nitrogens with zero attached hydrogens (tertiary/aromatic N) is 2. The Morgan fingerprint density at radius 1 is 0.912 bits per heavy atom. The molecule has 3 aliphatic heterocycles. The van der Waals surface area contributed by atoms with Gasteiger partial charge in [-0.1, -0.05) is 60.7 Å². The highest BCUT2D eigenvalue weighted by atomic mass is 16.6. The Morgan fingerprint density at radius 2 is 1.53 bits per heavy atom. The molecule has 0 radical (unpaired) electrons. The van der Waals surface area contributed by atoms with E-state index in [1.54, 1.807) is 0 Å². The number of nitrogens with one attached hydrogen (secondary N) is 1. The summed E-state index contributed by atoms with van der Waals surface area (Å²) < 4.78 is 6.29. The number of hydrogen-bond acceptors (Lipinski definition) is 6. The molecular weight excluding hydrogens is 426 g/mol. The van der Waals surface area contributed by atoms with E-state index in [9.17, 15) is 9.59 Å². The maximum atomic E-state index is 14.0. The maximum absolute atomic E-state index is 14.0. The van der Waals surface area contributed by atoms with Crippen LogP contribution in [0.15, 0.2) is 60.7 Å². The zero-order valence-electron chi connectivity index (χ0n) is 19.6. The molecule has 178 valence electrons. The molecule has 1 N–H and O–H groups in total. The third kappa shape index (κ3) is 3.78. The molecule has 1 saturated carbocycles. The quantitative estimate of drug-likeness (QED) is 0.671. The van der Waals surface area contributed by atoms with Crippen molar-refractivity contribution in [3.05, 3.63) is 71.8 Å². The van der Waals surface area contributed by atoms with Crippen LogP contribution in [-0.2, 0) is 20.1 Å². The average Bonchev–Trinajstić information content (AvgIpc) is 3.66. The van der Waals surface area contributed by atoms with Crippen molar-refractivity contribution in [2.24, 2.45) is 11.8 Å². The van der Waals surface area contributed by atoms with Gasteiger partial charge in [-0.2, -0.15) is 0 Å². The van der Waals surface area contributed by atoms with Gasteiger partial charge in [0.2, 0.25) is 5.72 Å². The lowest BCUT2D eigenvalue weighted by molar-refractivity contribution is -0.153. The van der Waals surface area contributed by atoms with Crippen molar-refractivity contribution in [2.45, 2.75) is 43.5 Å². The van der Waals surface area contributed by atoms with Crippen LogP contribution in [0.25, 0.3) is 0 Å². The Morgan fingerprint density at radius 3 is 2.12 bits per heavy atom. The van der Waals surface area contributed by atoms with Gasteiger partial charge in [0.1, 0.15) is 6.04 Å². The van der Waals surface area contributed by atoms with Crippen LogP contribution < -0.4 is 5.32 Å². The van der Waals surface area contributed by atoms with Gasteiger partial charge < -0.3 is 15.0 Å². The Kier molecular flexibility index (Phi) is 5.76. The molecule has 3 saturated heterocycles. The van der Waals surface area contributed by atoms with Gasteiger partial charge in [-0.15, -0.1) is 0 Å². The number of piperidine rings is 1. The molecule has 2 aromatic carbocycles. The average molecular weight is 460 g/mol. The molecule has 0 bridgehead atoms. The molecule has 0 spiro atoms. The van der Waals surface area contributed by atoms with E-state index < -0.39 is 17.8 Å². The van der Waals surface area contributed by atoms with Gasteiger partial charge in [0.25, 0.3) is 0 Å². The monoisotopic (exact) mass is 459 g/mol. The first-order valence-corrected chi connectivity index (χ1v) is 12.8. The molecule has 4 aliphatic rings. The summed E-state index contributed by atoms with van der Waals surface area (Å²) in [5.41, 5.74) is 0.673. The number of ketones is 1. The largest absolute Gasteiger partial charge is 0.434 e. The summed E-state index contributed by atoms with van der Waals surface area (Å²) in [6.07, 6.45) is 4.52. The van der Waals surface area contributed by atoms with Gasteiger partial charge in [0.05, 0.1) is 6.04 Å². The van der Waals surface area contributed by atoms with Crippen molar-refractivity contribution in [1.29, 1.82) is 0 Å². The highest BCUT2D eigenvalue weighted by Gasteiger charge is 2.60. The summed E-state index contributed by atoms with van der Waals surface area (Å²) >= 11 is 0. The predicted octanol–water partition coefficient (Wildman–Crippen LogP) is 2.78. The number of cyclic esters (lactones) is 1. The summed E-state index contributed by atoms with van der Waals surface area (Å²) in [5.74, 6) is 0.886. The second kappa shape index (κ2) is 8.91. The Balaban J connectivity index is 1.34. The predicted molar refractivity (Wildman–Crippen MR) is 129 cm³/mol. The zero-order valence-corrected chi connectivity index (χ0v) is 19.6. The van der Waals surface area contributed by atoms with Gasteiger partial charge in [0.15, 0.2) is 5.78 Å². The molecular formula is C28H33N3O3. The number of fused-ring (bicyclic) bond motifs is 1. The van der Waals surface area contributed by atoms with Gasteiger partial charge in [-0.25, -0.2) is 4.90 Å². The molecule has 2 aromatic rings. The normalized spacial score (nSPS) is 27.8. The lowest BCUT2D eigenvalue weighted by Crippen LogP contribution is -2.65. The number of esters is 1. The van der Waals surface area contributed by atoms with Crippen LogP contribution in [0, 0.1) is 11.8 Å². The summed E-state index contributed by atoms with van der Waals surface area (Å²) in [5, 5.41) is 3.37. The van der Waals surface area contributed by atoms with E-state index in [-0.39, 0.29) is 17.7 Å². The maximum Gasteiger partial charge on any atom is 0.327 e. The fourth-order valence-electron chi connectivity index (χ4n) is 6.16. The van der Waals surface area contributed by atoms with Gasteiger partial charge in [0, 0.05) is 36.7 Å². The first-order chi connectivity index (χ1) is 16.7. The summed E-state index contributed by atoms with van der Waals surface area (Å²) in [6, 6.07) is 18.9. The van der Waals surface area contributed by atoms with Crippen LogP contribution in [-0.4, -0.2) is 66.4 Å². The molecule has 2 unspecified atom stereocenters. The third-order valence-electron chi connectivity index (χ3n) is 8.09. The second-order valence-corrected chi connectivity index (χ2v) is 10.3. The van der Waals surface area contributed by atoms with Crippen LogP contribution >= 0.6 is 0 Å². The fraction of sp³-hybridized carbons (Fsp3) is 0.500. The molecule has 1 aliphatic carbocycles. The number of rotatable bonds is 6. The minimum Gasteiger partial charge on any atom is -0.434 e. The molecule has 4 fully saturated rings. The van der Waals surface area contributed by atoms with Crippen molar-refractivity contribution in [2.75, 3.05) is 32.7 Å². The molecule has 34 heavy (non-hydrogen) atoms. The van der Waals surface area contributed by atoms with Gasteiger partial charge in [-0.05, 0) is 44.7 Å². The molecule has 0 amide bonds. The number of piperazine rings is 1. The molecule has 6 nitrogen and oxygen atoms in total. The van der Waals surface area contributed by atoms with Crippen LogP contribution in [0.3, 0.4) is 0 Å². The number of carbonyl (C=O) groups is 2. The van der Waals surface area contributed by atoms with Crippen LogP contribution in [0.2, 0.25) is 0 Å². The van der Waals surface area contributed by atoms with E-state index in [1.807, 2.05) is 60.7 Å². The van der Waals surface area contributed by atoms with E-state index >= 15 is 0 Å². The number of benzene rings is 2.